The predicted molar refractivity (Wildman–Crippen MR) is 122 cm³/mol. The molecule has 2 fully saturated rings. The van der Waals surface area contributed by atoms with Gasteiger partial charge in [0.2, 0.25) is 0 Å². The zero-order valence-corrected chi connectivity index (χ0v) is 18.1. The van der Waals surface area contributed by atoms with Crippen LogP contribution in [0, 0.1) is 5.92 Å². The molecule has 3 aliphatic rings. The van der Waals surface area contributed by atoms with E-state index in [0.717, 1.165) is 18.5 Å². The van der Waals surface area contributed by atoms with Gasteiger partial charge in [0.05, 0.1) is 0 Å². The van der Waals surface area contributed by atoms with Crippen LogP contribution in [-0.4, -0.2) is 17.6 Å². The van der Waals surface area contributed by atoms with Crippen molar-refractivity contribution in [3.05, 3.63) is 35.0 Å². The van der Waals surface area contributed by atoms with E-state index in [4.69, 9.17) is 0 Å². The Kier molecular flexibility index (Phi) is 6.24. The number of H-pyrrole nitrogens is 1. The molecule has 1 aromatic heterocycles. The normalized spacial score (nSPS) is 24.1. The molecule has 2 saturated carbocycles. The van der Waals surface area contributed by atoms with Crippen LogP contribution in [0.5, 0.6) is 0 Å². The zero-order valence-electron chi connectivity index (χ0n) is 18.1. The minimum Gasteiger partial charge on any atom is -0.357 e. The van der Waals surface area contributed by atoms with Crippen LogP contribution in [0.4, 0.5) is 0 Å². The number of aromatic nitrogens is 1. The Hall–Kier alpha value is -1.32. The topological polar surface area (TPSA) is 39.9 Å². The molecule has 3 heteroatoms. The molecule has 0 amide bonds. The van der Waals surface area contributed by atoms with E-state index in [0.29, 0.717) is 6.04 Å². The first-order chi connectivity index (χ1) is 14.4. The highest BCUT2D eigenvalue weighted by atomic mass is 15.0. The lowest BCUT2D eigenvalue weighted by atomic mass is 9.89. The van der Waals surface area contributed by atoms with Crippen LogP contribution in [0.15, 0.2) is 18.2 Å². The van der Waals surface area contributed by atoms with Gasteiger partial charge in [0.15, 0.2) is 0 Å². The molecule has 0 saturated heterocycles. The van der Waals surface area contributed by atoms with Crippen molar-refractivity contribution in [1.82, 2.24) is 15.6 Å². The number of hydrogen-bond donors (Lipinski definition) is 3. The highest BCUT2D eigenvalue weighted by Crippen LogP contribution is 2.36. The van der Waals surface area contributed by atoms with Crippen molar-refractivity contribution in [2.75, 3.05) is 6.54 Å². The summed E-state index contributed by atoms with van der Waals surface area (Å²) in [7, 11) is 0. The van der Waals surface area contributed by atoms with Crippen LogP contribution < -0.4 is 10.6 Å². The quantitative estimate of drug-likeness (QED) is 0.552. The Morgan fingerprint density at radius 3 is 2.48 bits per heavy atom. The van der Waals surface area contributed by atoms with E-state index in [1.54, 1.807) is 5.56 Å². The minimum atomic E-state index is 0.530. The van der Waals surface area contributed by atoms with Crippen molar-refractivity contribution in [2.45, 2.75) is 102 Å². The number of aromatic amines is 1. The Morgan fingerprint density at radius 2 is 1.66 bits per heavy atom. The van der Waals surface area contributed by atoms with Gasteiger partial charge in [-0.25, -0.2) is 0 Å². The number of fused-ring (bicyclic) bond motifs is 3. The van der Waals surface area contributed by atoms with Crippen molar-refractivity contribution < 1.29 is 0 Å². The molecule has 0 aliphatic heterocycles. The first-order valence-corrected chi connectivity index (χ1v) is 12.5. The molecular weight excluding hydrogens is 354 g/mol. The lowest BCUT2D eigenvalue weighted by molar-refractivity contribution is 0.318. The maximum atomic E-state index is 4.02. The number of hydrogen-bond acceptors (Lipinski definition) is 2. The van der Waals surface area contributed by atoms with E-state index in [1.807, 2.05) is 0 Å². The number of rotatable bonds is 6. The van der Waals surface area contributed by atoms with E-state index in [9.17, 15) is 0 Å². The summed E-state index contributed by atoms with van der Waals surface area (Å²) in [6.07, 6.45) is 18.0. The van der Waals surface area contributed by atoms with Gasteiger partial charge in [0.1, 0.15) is 0 Å². The van der Waals surface area contributed by atoms with Gasteiger partial charge >= 0.3 is 0 Å². The fourth-order valence-corrected chi connectivity index (χ4v) is 6.15. The van der Waals surface area contributed by atoms with E-state index in [-0.39, 0.29) is 0 Å². The Balaban J connectivity index is 1.27. The van der Waals surface area contributed by atoms with E-state index >= 15 is 0 Å². The first kappa shape index (κ1) is 19.6. The second-order valence-corrected chi connectivity index (χ2v) is 9.98. The molecule has 0 bridgehead atoms. The average molecular weight is 394 g/mol. The fourth-order valence-electron chi connectivity index (χ4n) is 6.15. The van der Waals surface area contributed by atoms with Crippen LogP contribution in [0.25, 0.3) is 10.9 Å². The summed E-state index contributed by atoms with van der Waals surface area (Å²) in [4.78, 5) is 3.81. The third-order valence-corrected chi connectivity index (χ3v) is 7.80. The molecule has 5 rings (SSSR count). The van der Waals surface area contributed by atoms with Crippen molar-refractivity contribution in [3.8, 4) is 0 Å². The third kappa shape index (κ3) is 4.56. The summed E-state index contributed by atoms with van der Waals surface area (Å²) in [6, 6.07) is 8.36. The molecule has 3 aliphatic carbocycles. The standard InChI is InChI=1S/C26H39N3/c1-3-8-19(9-4-1)17-27-18-20-14-15-24-23(16-20)22-12-7-13-25(26(22)29-24)28-21-10-5-2-6-11-21/h14-16,19,21,25,27-29H,1-13,17-18H2. The van der Waals surface area contributed by atoms with Gasteiger partial charge in [-0.1, -0.05) is 44.6 Å². The smallest absolute Gasteiger partial charge is 0.0478 e. The van der Waals surface area contributed by atoms with Crippen molar-refractivity contribution in [3.63, 3.8) is 0 Å². The van der Waals surface area contributed by atoms with Gasteiger partial charge in [-0.3, -0.25) is 0 Å². The largest absolute Gasteiger partial charge is 0.357 e. The first-order valence-electron chi connectivity index (χ1n) is 12.5. The van der Waals surface area contributed by atoms with Gasteiger partial charge < -0.3 is 15.6 Å². The number of aryl methyl sites for hydroxylation is 1. The number of nitrogens with one attached hydrogen (secondary N) is 3. The van der Waals surface area contributed by atoms with Crippen LogP contribution in [0.1, 0.15) is 99.9 Å². The summed E-state index contributed by atoms with van der Waals surface area (Å²) in [6.45, 7) is 2.20. The lowest BCUT2D eigenvalue weighted by Gasteiger charge is -2.31. The maximum Gasteiger partial charge on any atom is 0.0478 e. The molecule has 0 radical (unpaired) electrons. The third-order valence-electron chi connectivity index (χ3n) is 7.80. The van der Waals surface area contributed by atoms with E-state index < -0.39 is 0 Å². The van der Waals surface area contributed by atoms with Gasteiger partial charge in [-0.2, -0.15) is 0 Å². The summed E-state index contributed by atoms with van der Waals surface area (Å²) < 4.78 is 0. The fraction of sp³-hybridized carbons (Fsp3) is 0.692. The van der Waals surface area contributed by atoms with Crippen LogP contribution >= 0.6 is 0 Å². The molecule has 3 N–H and O–H groups in total. The zero-order chi connectivity index (χ0) is 19.5. The van der Waals surface area contributed by atoms with Crippen LogP contribution in [-0.2, 0) is 13.0 Å². The maximum absolute atomic E-state index is 4.02. The van der Waals surface area contributed by atoms with Crippen LogP contribution in [0.3, 0.4) is 0 Å². The van der Waals surface area contributed by atoms with Gasteiger partial charge in [-0.15, -0.1) is 0 Å². The predicted octanol–water partition coefficient (Wildman–Crippen LogP) is 6.14. The second kappa shape index (κ2) is 9.22. The molecule has 1 unspecified atom stereocenters. The highest BCUT2D eigenvalue weighted by Gasteiger charge is 2.26. The van der Waals surface area contributed by atoms with Crippen molar-refractivity contribution in [2.24, 2.45) is 5.92 Å². The van der Waals surface area contributed by atoms with Crippen LogP contribution in [0.2, 0.25) is 0 Å². The molecule has 0 spiro atoms. The monoisotopic (exact) mass is 393 g/mol. The molecule has 3 nitrogen and oxygen atoms in total. The molecule has 1 aromatic carbocycles. The minimum absolute atomic E-state index is 0.530. The van der Waals surface area contributed by atoms with Gasteiger partial charge in [-0.05, 0) is 80.7 Å². The summed E-state index contributed by atoms with van der Waals surface area (Å²) >= 11 is 0. The van der Waals surface area contributed by atoms with Gasteiger partial charge in [0, 0.05) is 35.2 Å². The molecule has 29 heavy (non-hydrogen) atoms. The SMILES string of the molecule is c1cc2[nH]c3c(c2cc1CNCC1CCCCC1)CCCC3NC1CCCCC1. The highest BCUT2D eigenvalue weighted by molar-refractivity contribution is 5.85. The molecule has 158 valence electrons. The molecule has 2 aromatic rings. The number of benzene rings is 1. The average Bonchev–Trinajstić information content (AvgIpc) is 3.14. The van der Waals surface area contributed by atoms with Crippen molar-refractivity contribution >= 4 is 10.9 Å². The Bertz CT molecular complexity index is 796. The Morgan fingerprint density at radius 1 is 0.862 bits per heavy atom. The second-order valence-electron chi connectivity index (χ2n) is 9.98. The summed E-state index contributed by atoms with van der Waals surface area (Å²) in [5.41, 5.74) is 5.86. The molecular formula is C26H39N3. The molecule has 1 atom stereocenters. The van der Waals surface area contributed by atoms with Gasteiger partial charge in [0.25, 0.3) is 0 Å². The molecule has 1 heterocycles. The van der Waals surface area contributed by atoms with E-state index in [1.165, 1.54) is 112 Å². The Labute approximate surface area is 176 Å². The summed E-state index contributed by atoms with van der Waals surface area (Å²) in [5, 5.41) is 9.24. The van der Waals surface area contributed by atoms with E-state index in [2.05, 4.69) is 33.8 Å². The summed E-state index contributed by atoms with van der Waals surface area (Å²) in [5.74, 6) is 0.902. The van der Waals surface area contributed by atoms with Crippen molar-refractivity contribution in [1.29, 1.82) is 0 Å². The lowest BCUT2D eigenvalue weighted by Crippen LogP contribution is -2.36.